The van der Waals surface area contributed by atoms with Gasteiger partial charge in [0.25, 0.3) is 5.56 Å². The minimum absolute atomic E-state index is 0.0804. The second kappa shape index (κ2) is 7.92. The Morgan fingerprint density at radius 3 is 2.60 bits per heavy atom. The Morgan fingerprint density at radius 2 is 1.83 bits per heavy atom. The molecule has 0 spiro atoms. The van der Waals surface area contributed by atoms with Gasteiger partial charge in [0.1, 0.15) is 6.04 Å². The topological polar surface area (TPSA) is 88.9 Å². The average molecular weight is 409 g/mol. The summed E-state index contributed by atoms with van der Waals surface area (Å²) in [5, 5.41) is 13.8. The van der Waals surface area contributed by atoms with Crippen LogP contribution in [0.15, 0.2) is 23.0 Å². The Hall–Kier alpha value is -2.58. The number of ether oxygens (including phenoxy) is 1. The number of benzene rings is 1. The Labute approximate surface area is 175 Å². The molecular weight excluding hydrogens is 380 g/mol. The number of aromatic nitrogens is 5. The molecule has 1 aliphatic carbocycles. The van der Waals surface area contributed by atoms with Gasteiger partial charge < -0.3 is 9.72 Å². The van der Waals surface area contributed by atoms with Crippen LogP contribution in [-0.4, -0.2) is 56.4 Å². The second-order valence-corrected chi connectivity index (χ2v) is 8.55. The molecule has 1 aromatic carbocycles. The molecule has 1 saturated carbocycles. The van der Waals surface area contributed by atoms with Crippen molar-refractivity contribution >= 4 is 10.9 Å². The van der Waals surface area contributed by atoms with Crippen LogP contribution in [0.4, 0.5) is 0 Å². The number of nitrogens with zero attached hydrogens (tertiary/aromatic N) is 5. The molecule has 0 amide bonds. The summed E-state index contributed by atoms with van der Waals surface area (Å²) < 4.78 is 7.55. The maximum atomic E-state index is 13.2. The number of rotatable bonds is 4. The lowest BCUT2D eigenvalue weighted by atomic mass is 10.0. The number of tetrazole rings is 1. The summed E-state index contributed by atoms with van der Waals surface area (Å²) in [6.45, 7) is 6.93. The smallest absolute Gasteiger partial charge is 0.253 e. The van der Waals surface area contributed by atoms with Gasteiger partial charge in [-0.1, -0.05) is 12.8 Å². The van der Waals surface area contributed by atoms with Gasteiger partial charge in [-0.05, 0) is 71.8 Å². The maximum absolute atomic E-state index is 13.2. The van der Waals surface area contributed by atoms with E-state index in [2.05, 4.69) is 45.3 Å². The predicted octanol–water partition coefficient (Wildman–Crippen LogP) is 2.67. The van der Waals surface area contributed by atoms with Gasteiger partial charge >= 0.3 is 0 Å². The number of nitrogens with one attached hydrogen (secondary N) is 1. The average Bonchev–Trinajstić information content (AvgIpc) is 3.43. The highest BCUT2D eigenvalue weighted by molar-refractivity contribution is 5.81. The highest BCUT2D eigenvalue weighted by atomic mass is 16.5. The highest BCUT2D eigenvalue weighted by Crippen LogP contribution is 2.34. The van der Waals surface area contributed by atoms with Crippen LogP contribution in [0.5, 0.6) is 0 Å². The summed E-state index contributed by atoms with van der Waals surface area (Å²) in [5.74, 6) is 0.762. The molecule has 0 bridgehead atoms. The third-order valence-electron chi connectivity index (χ3n) is 6.63. The fraction of sp³-hybridized carbons (Fsp3) is 0.545. The molecule has 3 aromatic rings. The van der Waals surface area contributed by atoms with Crippen molar-refractivity contribution in [3.05, 3.63) is 51.1 Å². The number of aryl methyl sites for hydroxylation is 2. The molecule has 1 atom stereocenters. The van der Waals surface area contributed by atoms with Crippen molar-refractivity contribution in [1.82, 2.24) is 30.1 Å². The van der Waals surface area contributed by atoms with Crippen molar-refractivity contribution in [2.45, 2.75) is 51.6 Å². The first kappa shape index (κ1) is 19.4. The summed E-state index contributed by atoms with van der Waals surface area (Å²) in [7, 11) is 0. The van der Waals surface area contributed by atoms with Gasteiger partial charge in [0.05, 0.1) is 19.3 Å². The van der Waals surface area contributed by atoms with E-state index < -0.39 is 0 Å². The fourth-order valence-corrected chi connectivity index (χ4v) is 4.82. The van der Waals surface area contributed by atoms with Crippen LogP contribution in [0.25, 0.3) is 10.9 Å². The number of fused-ring (bicyclic) bond motifs is 1. The van der Waals surface area contributed by atoms with E-state index in [0.717, 1.165) is 42.7 Å². The second-order valence-electron chi connectivity index (χ2n) is 8.55. The molecule has 1 saturated heterocycles. The van der Waals surface area contributed by atoms with Gasteiger partial charge in [-0.15, -0.1) is 5.10 Å². The van der Waals surface area contributed by atoms with E-state index in [0.29, 0.717) is 24.8 Å². The van der Waals surface area contributed by atoms with Crippen LogP contribution in [0.3, 0.4) is 0 Å². The van der Waals surface area contributed by atoms with Crippen LogP contribution >= 0.6 is 0 Å². The minimum atomic E-state index is -0.292. The van der Waals surface area contributed by atoms with Crippen LogP contribution < -0.4 is 5.56 Å². The normalized spacial score (nSPS) is 19.5. The Morgan fingerprint density at radius 1 is 1.10 bits per heavy atom. The summed E-state index contributed by atoms with van der Waals surface area (Å²) in [6.07, 6.45) is 4.56. The summed E-state index contributed by atoms with van der Waals surface area (Å²) in [5.41, 5.74) is 3.85. The Bertz CT molecular complexity index is 1110. The maximum Gasteiger partial charge on any atom is 0.253 e. The standard InChI is InChI=1S/C22H28N6O2/c1-14-11-16-13-18(22(29)23-19(16)12-15(14)2)20(27-7-9-30-10-8-27)21-24-25-26-28(21)17-5-3-4-6-17/h11-13,17,20H,3-10H2,1-2H3,(H,23,29). The molecule has 2 aromatic heterocycles. The number of H-pyrrole nitrogens is 1. The molecule has 30 heavy (non-hydrogen) atoms. The summed E-state index contributed by atoms with van der Waals surface area (Å²) in [4.78, 5) is 18.6. The molecule has 1 aliphatic heterocycles. The lowest BCUT2D eigenvalue weighted by Crippen LogP contribution is -2.42. The van der Waals surface area contributed by atoms with E-state index in [1.54, 1.807) is 0 Å². The summed E-state index contributed by atoms with van der Waals surface area (Å²) in [6, 6.07) is 6.22. The minimum Gasteiger partial charge on any atom is -0.379 e. The van der Waals surface area contributed by atoms with E-state index in [-0.39, 0.29) is 11.6 Å². The first-order valence-corrected chi connectivity index (χ1v) is 10.9. The molecule has 5 rings (SSSR count). The van der Waals surface area contributed by atoms with Gasteiger partial charge in [0, 0.05) is 24.2 Å². The molecule has 8 nitrogen and oxygen atoms in total. The molecule has 1 unspecified atom stereocenters. The Balaban J connectivity index is 1.66. The van der Waals surface area contributed by atoms with Crippen molar-refractivity contribution in [2.24, 2.45) is 0 Å². The molecule has 1 N–H and O–H groups in total. The number of aromatic amines is 1. The zero-order valence-electron chi connectivity index (χ0n) is 17.6. The highest BCUT2D eigenvalue weighted by Gasteiger charge is 2.33. The van der Waals surface area contributed by atoms with E-state index in [4.69, 9.17) is 4.74 Å². The van der Waals surface area contributed by atoms with Gasteiger partial charge in [-0.3, -0.25) is 9.69 Å². The predicted molar refractivity (Wildman–Crippen MR) is 114 cm³/mol. The lowest BCUT2D eigenvalue weighted by Gasteiger charge is -2.34. The third-order valence-corrected chi connectivity index (χ3v) is 6.63. The first-order chi connectivity index (χ1) is 14.6. The number of pyridine rings is 1. The zero-order valence-corrected chi connectivity index (χ0v) is 17.6. The van der Waals surface area contributed by atoms with Gasteiger partial charge in [-0.2, -0.15) is 0 Å². The first-order valence-electron chi connectivity index (χ1n) is 10.9. The van der Waals surface area contributed by atoms with E-state index in [1.807, 2.05) is 16.8 Å². The van der Waals surface area contributed by atoms with Crippen molar-refractivity contribution in [3.8, 4) is 0 Å². The van der Waals surface area contributed by atoms with Crippen molar-refractivity contribution < 1.29 is 4.74 Å². The van der Waals surface area contributed by atoms with Crippen molar-refractivity contribution in [2.75, 3.05) is 26.3 Å². The number of hydrogen-bond acceptors (Lipinski definition) is 6. The lowest BCUT2D eigenvalue weighted by molar-refractivity contribution is 0.0211. The quantitative estimate of drug-likeness (QED) is 0.714. The number of morpholine rings is 1. The van der Waals surface area contributed by atoms with Crippen molar-refractivity contribution in [3.63, 3.8) is 0 Å². The van der Waals surface area contributed by atoms with Gasteiger partial charge in [0.2, 0.25) is 0 Å². The van der Waals surface area contributed by atoms with Gasteiger partial charge in [0.15, 0.2) is 5.82 Å². The van der Waals surface area contributed by atoms with E-state index in [1.165, 1.54) is 24.0 Å². The Kier molecular flexibility index (Phi) is 5.12. The fourth-order valence-electron chi connectivity index (χ4n) is 4.82. The SMILES string of the molecule is Cc1cc2cc(C(c3nnnn3C3CCCC3)N3CCOCC3)c(=O)[nH]c2cc1C. The van der Waals surface area contributed by atoms with Crippen LogP contribution in [-0.2, 0) is 4.74 Å². The van der Waals surface area contributed by atoms with E-state index >= 15 is 0 Å². The molecule has 3 heterocycles. The van der Waals surface area contributed by atoms with Crippen LogP contribution in [0.1, 0.15) is 60.3 Å². The monoisotopic (exact) mass is 408 g/mol. The van der Waals surface area contributed by atoms with Crippen molar-refractivity contribution in [1.29, 1.82) is 0 Å². The molecule has 8 heteroatoms. The molecule has 2 fully saturated rings. The molecule has 158 valence electrons. The molecule has 0 radical (unpaired) electrons. The zero-order chi connectivity index (χ0) is 20.7. The van der Waals surface area contributed by atoms with Gasteiger partial charge in [-0.25, -0.2) is 4.68 Å². The number of hydrogen-bond donors (Lipinski definition) is 1. The third kappa shape index (κ3) is 3.44. The largest absolute Gasteiger partial charge is 0.379 e. The molecule has 2 aliphatic rings. The molecular formula is C22H28N6O2. The van der Waals surface area contributed by atoms with Crippen LogP contribution in [0.2, 0.25) is 0 Å². The van der Waals surface area contributed by atoms with Crippen LogP contribution in [0, 0.1) is 13.8 Å². The summed E-state index contributed by atoms with van der Waals surface area (Å²) >= 11 is 0. The van der Waals surface area contributed by atoms with E-state index in [9.17, 15) is 4.79 Å².